The average molecular weight is 375 g/mol. The molecule has 1 atom stereocenters. The third-order valence-corrected chi connectivity index (χ3v) is 5.66. The molecule has 0 radical (unpaired) electrons. The molecule has 2 aliphatic rings. The molecular formula is C24H25NO3. The van der Waals surface area contributed by atoms with Gasteiger partial charge in [-0.2, -0.15) is 0 Å². The van der Waals surface area contributed by atoms with Gasteiger partial charge in [-0.05, 0) is 41.4 Å². The van der Waals surface area contributed by atoms with E-state index in [2.05, 4.69) is 47.8 Å². The molecule has 4 nitrogen and oxygen atoms in total. The molecule has 0 aliphatic carbocycles. The Morgan fingerprint density at radius 1 is 0.893 bits per heavy atom. The van der Waals surface area contributed by atoms with Crippen LogP contribution in [0, 0.1) is 0 Å². The number of para-hydroxylation sites is 1. The highest BCUT2D eigenvalue weighted by molar-refractivity contribution is 5.85. The second-order valence-electron chi connectivity index (χ2n) is 7.48. The number of rotatable bonds is 5. The average Bonchev–Trinajstić information content (AvgIpc) is 3.20. The Labute approximate surface area is 165 Å². The number of benzene rings is 3. The second-order valence-corrected chi connectivity index (χ2v) is 7.48. The van der Waals surface area contributed by atoms with E-state index in [1.807, 2.05) is 24.3 Å². The Kier molecular flexibility index (Phi) is 4.77. The van der Waals surface area contributed by atoms with Crippen LogP contribution in [0.1, 0.15) is 17.5 Å². The minimum Gasteiger partial charge on any atom is -0.488 e. The Hall–Kier alpha value is -2.40. The molecule has 1 N–H and O–H groups in total. The second kappa shape index (κ2) is 7.55. The van der Waals surface area contributed by atoms with Gasteiger partial charge in [-0.15, -0.1) is 0 Å². The quantitative estimate of drug-likeness (QED) is 0.684. The zero-order chi connectivity index (χ0) is 18.8. The van der Waals surface area contributed by atoms with Gasteiger partial charge in [0.2, 0.25) is 5.79 Å². The molecule has 2 heterocycles. The predicted octanol–water partition coefficient (Wildman–Crippen LogP) is 4.02. The number of nitrogens with one attached hydrogen (secondary N) is 1. The zero-order valence-electron chi connectivity index (χ0n) is 15.9. The van der Waals surface area contributed by atoms with Crippen molar-refractivity contribution in [2.24, 2.45) is 0 Å². The molecule has 1 fully saturated rings. The first-order valence-corrected chi connectivity index (χ1v) is 10.1. The van der Waals surface area contributed by atoms with Gasteiger partial charge in [0.25, 0.3) is 0 Å². The van der Waals surface area contributed by atoms with Crippen molar-refractivity contribution in [3.8, 4) is 5.75 Å². The minimum atomic E-state index is -0.642. The lowest BCUT2D eigenvalue weighted by atomic mass is 9.95. The van der Waals surface area contributed by atoms with Crippen LogP contribution in [0.15, 0.2) is 66.7 Å². The third kappa shape index (κ3) is 3.28. The first kappa shape index (κ1) is 17.7. The highest BCUT2D eigenvalue weighted by atomic mass is 16.7. The fourth-order valence-corrected chi connectivity index (χ4v) is 4.35. The molecule has 2 aliphatic heterocycles. The molecule has 3 aromatic carbocycles. The van der Waals surface area contributed by atoms with Gasteiger partial charge in [0.1, 0.15) is 11.9 Å². The number of hydrogen-bond acceptors (Lipinski definition) is 4. The summed E-state index contributed by atoms with van der Waals surface area (Å²) in [4.78, 5) is 0. The molecule has 1 saturated heterocycles. The Morgan fingerprint density at radius 2 is 1.68 bits per heavy atom. The SMILES string of the molecule is c1ccc2c(c1)O[C@@H](CNCCc1cccc3ccccc13)CC21OCCO1. The molecular weight excluding hydrogens is 350 g/mol. The predicted molar refractivity (Wildman–Crippen MR) is 110 cm³/mol. The van der Waals surface area contributed by atoms with Crippen LogP contribution in [0.2, 0.25) is 0 Å². The van der Waals surface area contributed by atoms with Crippen LogP contribution in [0.4, 0.5) is 0 Å². The Morgan fingerprint density at radius 3 is 2.61 bits per heavy atom. The van der Waals surface area contributed by atoms with Crippen LogP contribution < -0.4 is 10.1 Å². The summed E-state index contributed by atoms with van der Waals surface area (Å²) in [5.74, 6) is 0.230. The molecule has 28 heavy (non-hydrogen) atoms. The van der Waals surface area contributed by atoms with Crippen molar-refractivity contribution < 1.29 is 14.2 Å². The third-order valence-electron chi connectivity index (χ3n) is 5.66. The molecule has 0 saturated carbocycles. The van der Waals surface area contributed by atoms with E-state index in [0.29, 0.717) is 19.6 Å². The topological polar surface area (TPSA) is 39.7 Å². The van der Waals surface area contributed by atoms with E-state index >= 15 is 0 Å². The van der Waals surface area contributed by atoms with Gasteiger partial charge < -0.3 is 19.5 Å². The summed E-state index contributed by atoms with van der Waals surface area (Å²) < 4.78 is 18.3. The van der Waals surface area contributed by atoms with E-state index in [4.69, 9.17) is 14.2 Å². The lowest BCUT2D eigenvalue weighted by Gasteiger charge is -2.38. The zero-order valence-corrected chi connectivity index (χ0v) is 15.9. The maximum Gasteiger partial charge on any atom is 0.202 e. The van der Waals surface area contributed by atoms with E-state index in [0.717, 1.165) is 30.8 Å². The standard InChI is InChI=1S/C24H25NO3/c1-2-9-21-18(6-1)7-5-8-19(21)12-13-25-17-20-16-24(26-14-15-27-24)22-10-3-4-11-23(22)28-20/h1-11,20,25H,12-17H2/t20-/m1/s1. The van der Waals surface area contributed by atoms with Crippen molar-refractivity contribution in [3.05, 3.63) is 77.9 Å². The highest BCUT2D eigenvalue weighted by Crippen LogP contribution is 2.44. The van der Waals surface area contributed by atoms with E-state index in [9.17, 15) is 0 Å². The number of hydrogen-bond donors (Lipinski definition) is 1. The number of fused-ring (bicyclic) bond motifs is 3. The Balaban J connectivity index is 1.23. The van der Waals surface area contributed by atoms with Crippen molar-refractivity contribution in [3.63, 3.8) is 0 Å². The lowest BCUT2D eigenvalue weighted by molar-refractivity contribution is -0.194. The van der Waals surface area contributed by atoms with Gasteiger partial charge >= 0.3 is 0 Å². The summed E-state index contributed by atoms with van der Waals surface area (Å²) >= 11 is 0. The smallest absolute Gasteiger partial charge is 0.202 e. The van der Waals surface area contributed by atoms with Gasteiger partial charge in [-0.25, -0.2) is 0 Å². The van der Waals surface area contributed by atoms with Crippen molar-refractivity contribution in [2.45, 2.75) is 24.7 Å². The monoisotopic (exact) mass is 375 g/mol. The van der Waals surface area contributed by atoms with E-state index in [-0.39, 0.29) is 6.10 Å². The molecule has 1 spiro atoms. The summed E-state index contributed by atoms with van der Waals surface area (Å²) in [5.41, 5.74) is 2.39. The molecule has 0 aromatic heterocycles. The Bertz CT molecular complexity index is 959. The summed E-state index contributed by atoms with van der Waals surface area (Å²) in [5, 5.41) is 6.20. The molecule has 0 bridgehead atoms. The molecule has 5 rings (SSSR count). The van der Waals surface area contributed by atoms with Gasteiger partial charge in [0, 0.05) is 13.0 Å². The van der Waals surface area contributed by atoms with Crippen LogP contribution >= 0.6 is 0 Å². The van der Waals surface area contributed by atoms with Gasteiger partial charge in [0.15, 0.2) is 0 Å². The van der Waals surface area contributed by atoms with Crippen molar-refractivity contribution in [1.82, 2.24) is 5.32 Å². The van der Waals surface area contributed by atoms with Crippen molar-refractivity contribution in [1.29, 1.82) is 0 Å². The number of ether oxygens (including phenoxy) is 3. The summed E-state index contributed by atoms with van der Waals surface area (Å²) in [6.45, 7) is 2.95. The summed E-state index contributed by atoms with van der Waals surface area (Å²) in [6, 6.07) is 23.1. The van der Waals surface area contributed by atoms with Crippen molar-refractivity contribution in [2.75, 3.05) is 26.3 Å². The van der Waals surface area contributed by atoms with Crippen LogP contribution in [-0.2, 0) is 21.7 Å². The van der Waals surface area contributed by atoms with Crippen molar-refractivity contribution >= 4 is 10.8 Å². The molecule has 0 unspecified atom stereocenters. The van der Waals surface area contributed by atoms with Crippen LogP contribution in [-0.4, -0.2) is 32.4 Å². The lowest BCUT2D eigenvalue weighted by Crippen LogP contribution is -2.44. The van der Waals surface area contributed by atoms with Gasteiger partial charge in [0.05, 0.1) is 18.8 Å². The normalized spacial score (nSPS) is 20.2. The fourth-order valence-electron chi connectivity index (χ4n) is 4.35. The first-order valence-electron chi connectivity index (χ1n) is 10.1. The highest BCUT2D eigenvalue weighted by Gasteiger charge is 2.46. The van der Waals surface area contributed by atoms with Crippen LogP contribution in [0.5, 0.6) is 5.75 Å². The van der Waals surface area contributed by atoms with Crippen LogP contribution in [0.25, 0.3) is 10.8 Å². The maximum absolute atomic E-state index is 6.22. The first-order chi connectivity index (χ1) is 13.8. The molecule has 0 amide bonds. The summed E-state index contributed by atoms with van der Waals surface area (Å²) in [6.07, 6.45) is 1.73. The van der Waals surface area contributed by atoms with E-state index in [1.165, 1.54) is 16.3 Å². The van der Waals surface area contributed by atoms with Crippen LogP contribution in [0.3, 0.4) is 0 Å². The molecule has 4 heteroatoms. The maximum atomic E-state index is 6.22. The molecule has 144 valence electrons. The largest absolute Gasteiger partial charge is 0.488 e. The van der Waals surface area contributed by atoms with E-state index < -0.39 is 5.79 Å². The minimum absolute atomic E-state index is 0.0283. The fraction of sp³-hybridized carbons (Fsp3) is 0.333. The molecule has 3 aromatic rings. The van der Waals surface area contributed by atoms with Gasteiger partial charge in [-0.3, -0.25) is 0 Å². The summed E-state index contributed by atoms with van der Waals surface area (Å²) in [7, 11) is 0. The van der Waals surface area contributed by atoms with E-state index in [1.54, 1.807) is 0 Å². The van der Waals surface area contributed by atoms with Gasteiger partial charge in [-0.1, -0.05) is 54.6 Å².